The van der Waals surface area contributed by atoms with Gasteiger partial charge < -0.3 is 15.5 Å². The summed E-state index contributed by atoms with van der Waals surface area (Å²) in [5.74, 6) is 0.0997. The highest BCUT2D eigenvalue weighted by Crippen LogP contribution is 2.35. The van der Waals surface area contributed by atoms with Crippen LogP contribution in [0.25, 0.3) is 0 Å². The van der Waals surface area contributed by atoms with Gasteiger partial charge in [-0.25, -0.2) is 0 Å². The highest BCUT2D eigenvalue weighted by Gasteiger charge is 2.18. The molecule has 0 unspecified atom stereocenters. The standard InChI is InChI=1S/C38H33N3/c1-41(36-15-9-4-10-16-36)37-27-21-31(22-28-37)38(29-17-23-34(24-18-29)39-32-11-5-2-6-12-32)30-19-25-35(26-20-30)40-33-13-7-3-8-14-33/h2-28,38-40H,1H3. The number of hydrogen-bond acceptors (Lipinski definition) is 3. The summed E-state index contributed by atoms with van der Waals surface area (Å²) in [7, 11) is 2.11. The van der Waals surface area contributed by atoms with Crippen molar-refractivity contribution in [1.29, 1.82) is 0 Å². The number of anilines is 6. The van der Waals surface area contributed by atoms with Crippen molar-refractivity contribution in [3.8, 4) is 0 Å². The molecular weight excluding hydrogens is 498 g/mol. The summed E-state index contributed by atoms with van der Waals surface area (Å²) in [6.07, 6.45) is 0. The summed E-state index contributed by atoms with van der Waals surface area (Å²) in [6, 6.07) is 57.5. The highest BCUT2D eigenvalue weighted by molar-refractivity contribution is 5.65. The lowest BCUT2D eigenvalue weighted by Crippen LogP contribution is -2.10. The Morgan fingerprint density at radius 1 is 0.366 bits per heavy atom. The number of nitrogens with zero attached hydrogens (tertiary/aromatic N) is 1. The summed E-state index contributed by atoms with van der Waals surface area (Å²) >= 11 is 0. The van der Waals surface area contributed by atoms with E-state index in [2.05, 4.69) is 144 Å². The molecule has 41 heavy (non-hydrogen) atoms. The van der Waals surface area contributed by atoms with Gasteiger partial charge in [-0.3, -0.25) is 0 Å². The molecule has 2 N–H and O–H groups in total. The van der Waals surface area contributed by atoms with Crippen molar-refractivity contribution in [1.82, 2.24) is 0 Å². The predicted octanol–water partition coefficient (Wildman–Crippen LogP) is 10.1. The first kappa shape index (κ1) is 26.0. The van der Waals surface area contributed by atoms with Crippen LogP contribution in [0.5, 0.6) is 0 Å². The van der Waals surface area contributed by atoms with Crippen LogP contribution in [-0.2, 0) is 0 Å². The van der Waals surface area contributed by atoms with E-state index in [9.17, 15) is 0 Å². The van der Waals surface area contributed by atoms with Crippen molar-refractivity contribution in [3.05, 3.63) is 180 Å². The summed E-state index contributed by atoms with van der Waals surface area (Å²) in [5, 5.41) is 7.00. The Labute approximate surface area is 242 Å². The van der Waals surface area contributed by atoms with Crippen LogP contribution in [0.2, 0.25) is 0 Å². The van der Waals surface area contributed by atoms with E-state index in [0.29, 0.717) is 0 Å². The van der Waals surface area contributed by atoms with Gasteiger partial charge in [0.05, 0.1) is 0 Å². The lowest BCUT2D eigenvalue weighted by molar-refractivity contribution is 0.977. The molecule has 0 bridgehead atoms. The Morgan fingerprint density at radius 2 is 0.683 bits per heavy atom. The van der Waals surface area contributed by atoms with Crippen molar-refractivity contribution in [2.24, 2.45) is 0 Å². The molecular formula is C38H33N3. The summed E-state index contributed by atoms with van der Waals surface area (Å²) < 4.78 is 0. The smallest absolute Gasteiger partial charge is 0.0408 e. The van der Waals surface area contributed by atoms with Gasteiger partial charge in [0.25, 0.3) is 0 Å². The minimum atomic E-state index is 0.0997. The zero-order valence-electron chi connectivity index (χ0n) is 23.1. The first-order valence-electron chi connectivity index (χ1n) is 14.0. The third-order valence-corrected chi connectivity index (χ3v) is 7.37. The molecule has 0 aliphatic heterocycles. The third kappa shape index (κ3) is 6.32. The van der Waals surface area contributed by atoms with Crippen LogP contribution >= 0.6 is 0 Å². The molecule has 0 atom stereocenters. The molecule has 0 saturated carbocycles. The van der Waals surface area contributed by atoms with E-state index in [1.807, 2.05) is 42.5 Å². The van der Waals surface area contributed by atoms with Crippen LogP contribution in [0.3, 0.4) is 0 Å². The van der Waals surface area contributed by atoms with Crippen LogP contribution < -0.4 is 15.5 Å². The van der Waals surface area contributed by atoms with Gasteiger partial charge >= 0.3 is 0 Å². The summed E-state index contributed by atoms with van der Waals surface area (Å²) in [5.41, 5.74) is 10.4. The van der Waals surface area contributed by atoms with Crippen LogP contribution in [0.1, 0.15) is 22.6 Å². The van der Waals surface area contributed by atoms with Crippen molar-refractivity contribution in [2.45, 2.75) is 5.92 Å². The van der Waals surface area contributed by atoms with Crippen LogP contribution in [-0.4, -0.2) is 7.05 Å². The van der Waals surface area contributed by atoms with E-state index in [0.717, 1.165) is 28.4 Å². The maximum atomic E-state index is 3.50. The monoisotopic (exact) mass is 531 g/mol. The van der Waals surface area contributed by atoms with E-state index in [-0.39, 0.29) is 5.92 Å². The van der Waals surface area contributed by atoms with E-state index in [4.69, 9.17) is 0 Å². The van der Waals surface area contributed by atoms with Crippen molar-refractivity contribution in [3.63, 3.8) is 0 Å². The molecule has 0 saturated heterocycles. The van der Waals surface area contributed by atoms with Gasteiger partial charge in [0.15, 0.2) is 0 Å². The topological polar surface area (TPSA) is 27.3 Å². The minimum absolute atomic E-state index is 0.0997. The number of rotatable bonds is 9. The maximum absolute atomic E-state index is 3.50. The lowest BCUT2D eigenvalue weighted by Gasteiger charge is -2.23. The first-order valence-corrected chi connectivity index (χ1v) is 14.0. The normalized spacial score (nSPS) is 10.8. The number of hydrogen-bond donors (Lipinski definition) is 2. The van der Waals surface area contributed by atoms with Gasteiger partial charge in [-0.05, 0) is 89.5 Å². The van der Waals surface area contributed by atoms with Gasteiger partial charge in [-0.1, -0.05) is 91.0 Å². The average molecular weight is 532 g/mol. The largest absolute Gasteiger partial charge is 0.356 e. The van der Waals surface area contributed by atoms with Gasteiger partial charge in [0, 0.05) is 47.1 Å². The fraction of sp³-hybridized carbons (Fsp3) is 0.0526. The third-order valence-electron chi connectivity index (χ3n) is 7.37. The Hall–Kier alpha value is -5.28. The average Bonchev–Trinajstić information content (AvgIpc) is 3.04. The molecule has 0 aromatic heterocycles. The predicted molar refractivity (Wildman–Crippen MR) is 174 cm³/mol. The van der Waals surface area contributed by atoms with E-state index in [1.165, 1.54) is 22.4 Å². The quantitative estimate of drug-likeness (QED) is 0.182. The Bertz CT molecular complexity index is 1560. The van der Waals surface area contributed by atoms with Crippen molar-refractivity contribution >= 4 is 34.1 Å². The molecule has 6 rings (SSSR count). The first-order chi connectivity index (χ1) is 20.2. The van der Waals surface area contributed by atoms with Gasteiger partial charge in [-0.2, -0.15) is 0 Å². The van der Waals surface area contributed by atoms with E-state index >= 15 is 0 Å². The number of para-hydroxylation sites is 3. The molecule has 6 aromatic carbocycles. The lowest BCUT2D eigenvalue weighted by atomic mass is 9.85. The summed E-state index contributed by atoms with van der Waals surface area (Å²) in [4.78, 5) is 2.22. The van der Waals surface area contributed by atoms with Crippen LogP contribution in [0, 0.1) is 0 Å². The van der Waals surface area contributed by atoms with Crippen molar-refractivity contribution in [2.75, 3.05) is 22.6 Å². The zero-order valence-corrected chi connectivity index (χ0v) is 23.1. The fourth-order valence-electron chi connectivity index (χ4n) is 5.16. The molecule has 0 amide bonds. The second-order valence-electron chi connectivity index (χ2n) is 10.1. The SMILES string of the molecule is CN(c1ccccc1)c1ccc(C(c2ccc(Nc3ccccc3)cc2)c2ccc(Nc3ccccc3)cc2)cc1. The van der Waals surface area contributed by atoms with Crippen molar-refractivity contribution < 1.29 is 0 Å². The number of benzene rings is 6. The number of nitrogens with one attached hydrogen (secondary N) is 2. The summed E-state index contributed by atoms with van der Waals surface area (Å²) in [6.45, 7) is 0. The zero-order chi connectivity index (χ0) is 27.9. The molecule has 200 valence electrons. The van der Waals surface area contributed by atoms with Gasteiger partial charge in [-0.15, -0.1) is 0 Å². The highest BCUT2D eigenvalue weighted by atomic mass is 15.1. The van der Waals surface area contributed by atoms with Gasteiger partial charge in [0.1, 0.15) is 0 Å². The fourth-order valence-corrected chi connectivity index (χ4v) is 5.16. The molecule has 3 heteroatoms. The molecule has 6 aromatic rings. The van der Waals surface area contributed by atoms with Gasteiger partial charge in [0.2, 0.25) is 0 Å². The molecule has 0 radical (unpaired) electrons. The molecule has 0 aliphatic carbocycles. The maximum Gasteiger partial charge on any atom is 0.0408 e. The minimum Gasteiger partial charge on any atom is -0.356 e. The molecule has 3 nitrogen and oxygen atoms in total. The molecule has 0 aliphatic rings. The second kappa shape index (κ2) is 12.3. The Morgan fingerprint density at radius 3 is 1.10 bits per heavy atom. The Kier molecular flexibility index (Phi) is 7.77. The van der Waals surface area contributed by atoms with E-state index < -0.39 is 0 Å². The Balaban J connectivity index is 1.30. The molecule has 0 heterocycles. The van der Waals surface area contributed by atoms with Crippen LogP contribution in [0.15, 0.2) is 164 Å². The molecule has 0 fully saturated rings. The second-order valence-corrected chi connectivity index (χ2v) is 10.1. The van der Waals surface area contributed by atoms with Crippen LogP contribution in [0.4, 0.5) is 34.1 Å². The van der Waals surface area contributed by atoms with E-state index in [1.54, 1.807) is 0 Å². The molecule has 0 spiro atoms.